The molecule has 2 amide bonds. The van der Waals surface area contributed by atoms with Crippen molar-refractivity contribution in [3.63, 3.8) is 0 Å². The number of nitrogens with one attached hydrogen (secondary N) is 2. The quantitative estimate of drug-likeness (QED) is 0.314. The molecule has 1 aromatic heterocycles. The highest BCUT2D eigenvalue weighted by Crippen LogP contribution is 2.36. The van der Waals surface area contributed by atoms with Crippen molar-refractivity contribution < 1.29 is 22.7 Å². The fourth-order valence-electron chi connectivity index (χ4n) is 5.26. The Morgan fingerprint density at radius 3 is 2.69 bits per heavy atom. The summed E-state index contributed by atoms with van der Waals surface area (Å²) >= 11 is 0. The van der Waals surface area contributed by atoms with Gasteiger partial charge in [-0.25, -0.2) is 18.2 Å². The molecule has 6 rings (SSSR count). The standard InChI is InChI=1S/C31H31N5O5S/c1-36-18-22-17-24(6-10-27(22)42(39,40)25-7-8-25)35-31(38)41-14-12-19-3-2-4-21(15-19)28(30(36)37)34-23-5-9-26-20(16-23)11-13-33-29(26)32/h2-6,9-11,13,15-17,25,28,34H,7-8,12,14,18H2,1H3,(H2,32,33)(H,35,38)/t28-/m1/s1. The van der Waals surface area contributed by atoms with Gasteiger partial charge in [-0.2, -0.15) is 0 Å². The lowest BCUT2D eigenvalue weighted by atomic mass is 10.0. The summed E-state index contributed by atoms with van der Waals surface area (Å²) in [4.78, 5) is 32.5. The van der Waals surface area contributed by atoms with E-state index < -0.39 is 27.2 Å². The van der Waals surface area contributed by atoms with Gasteiger partial charge in [-0.05, 0) is 77.4 Å². The zero-order chi connectivity index (χ0) is 29.4. The first-order chi connectivity index (χ1) is 20.2. The Balaban J connectivity index is 1.40. The number of hydrogen-bond donors (Lipinski definition) is 3. The summed E-state index contributed by atoms with van der Waals surface area (Å²) < 4.78 is 32.0. The van der Waals surface area contributed by atoms with Gasteiger partial charge in [0.25, 0.3) is 0 Å². The molecule has 2 heterocycles. The molecule has 0 spiro atoms. The van der Waals surface area contributed by atoms with Gasteiger partial charge in [0.2, 0.25) is 5.91 Å². The third kappa shape index (κ3) is 5.60. The largest absolute Gasteiger partial charge is 0.449 e. The highest BCUT2D eigenvalue weighted by atomic mass is 32.2. The van der Waals surface area contributed by atoms with Crippen LogP contribution < -0.4 is 16.4 Å². The number of nitrogens with two attached hydrogens (primary N) is 1. The van der Waals surface area contributed by atoms with Crippen LogP contribution in [-0.2, 0) is 32.3 Å². The molecule has 10 nitrogen and oxygen atoms in total. The van der Waals surface area contributed by atoms with E-state index in [4.69, 9.17) is 10.5 Å². The minimum atomic E-state index is -3.57. The lowest BCUT2D eigenvalue weighted by molar-refractivity contribution is -0.131. The fourth-order valence-corrected chi connectivity index (χ4v) is 7.12. The number of nitrogen functional groups attached to an aromatic ring is 1. The van der Waals surface area contributed by atoms with Gasteiger partial charge in [-0.1, -0.05) is 24.3 Å². The van der Waals surface area contributed by atoms with Crippen molar-refractivity contribution in [3.8, 4) is 0 Å². The number of sulfone groups is 1. The number of hydrogen-bond acceptors (Lipinski definition) is 8. The SMILES string of the molecule is CN1Cc2cc(ccc2S(=O)(=O)C2CC2)NC(=O)OCCc2cccc(c2)[C@@H](Nc2ccc3c(N)nccc3c2)C1=O. The summed E-state index contributed by atoms with van der Waals surface area (Å²) in [6, 6.07) is 18.9. The number of carbonyl (C=O) groups excluding carboxylic acids is 2. The van der Waals surface area contributed by atoms with E-state index in [0.717, 1.165) is 21.9 Å². The van der Waals surface area contributed by atoms with Crippen LogP contribution in [0.2, 0.25) is 0 Å². The average molecular weight is 586 g/mol. The van der Waals surface area contributed by atoms with Crippen LogP contribution in [-0.4, -0.2) is 49.2 Å². The second-order valence-electron chi connectivity index (χ2n) is 10.7. The number of aromatic nitrogens is 1. The van der Waals surface area contributed by atoms with Crippen molar-refractivity contribution in [3.05, 3.63) is 89.6 Å². The Labute approximate surface area is 243 Å². The van der Waals surface area contributed by atoms with E-state index >= 15 is 0 Å². The molecule has 11 heteroatoms. The van der Waals surface area contributed by atoms with Crippen LogP contribution >= 0.6 is 0 Å². The third-order valence-electron chi connectivity index (χ3n) is 7.62. The maximum atomic E-state index is 14.2. The number of anilines is 3. The Morgan fingerprint density at radius 1 is 1.05 bits per heavy atom. The molecule has 0 radical (unpaired) electrons. The molecule has 1 aliphatic carbocycles. The van der Waals surface area contributed by atoms with Crippen LogP contribution in [0.3, 0.4) is 0 Å². The molecule has 1 aliphatic heterocycles. The number of ether oxygens (including phenoxy) is 1. The number of carbonyl (C=O) groups is 2. The number of pyridine rings is 1. The summed E-state index contributed by atoms with van der Waals surface area (Å²) in [5.41, 5.74) is 9.17. The summed E-state index contributed by atoms with van der Waals surface area (Å²) in [7, 11) is -1.93. The predicted octanol–water partition coefficient (Wildman–Crippen LogP) is 4.67. The normalized spacial score (nSPS) is 18.0. The number of amides is 2. The molecule has 4 N–H and O–H groups in total. The number of likely N-dealkylation sites (N-methyl/N-ethyl adjacent to an activating group) is 1. The van der Waals surface area contributed by atoms with Gasteiger partial charge in [0.05, 0.1) is 16.8 Å². The molecule has 4 bridgehead atoms. The van der Waals surface area contributed by atoms with E-state index in [1.165, 1.54) is 11.0 Å². The number of rotatable bonds is 4. The minimum Gasteiger partial charge on any atom is -0.449 e. The lowest BCUT2D eigenvalue weighted by Crippen LogP contribution is -2.35. The summed E-state index contributed by atoms with van der Waals surface area (Å²) in [6.07, 6.45) is 2.67. The van der Waals surface area contributed by atoms with Gasteiger partial charge in [0.15, 0.2) is 9.84 Å². The van der Waals surface area contributed by atoms with Gasteiger partial charge in [0, 0.05) is 43.0 Å². The Bertz CT molecular complexity index is 1800. The number of nitrogens with zero attached hydrogens (tertiary/aromatic N) is 2. The van der Waals surface area contributed by atoms with Crippen molar-refractivity contribution in [1.29, 1.82) is 0 Å². The van der Waals surface area contributed by atoms with Gasteiger partial charge < -0.3 is 20.7 Å². The molecular weight excluding hydrogens is 554 g/mol. The summed E-state index contributed by atoms with van der Waals surface area (Å²) in [5, 5.41) is 7.33. The Morgan fingerprint density at radius 2 is 1.88 bits per heavy atom. The van der Waals surface area contributed by atoms with Crippen LogP contribution in [0.25, 0.3) is 10.8 Å². The highest BCUT2D eigenvalue weighted by Gasteiger charge is 2.38. The van der Waals surface area contributed by atoms with Crippen LogP contribution in [0.5, 0.6) is 0 Å². The second kappa shape index (κ2) is 11.0. The van der Waals surface area contributed by atoms with Crippen LogP contribution in [0.1, 0.15) is 35.6 Å². The number of cyclic esters (lactones) is 1. The van der Waals surface area contributed by atoms with Crippen molar-refractivity contribution in [1.82, 2.24) is 9.88 Å². The molecule has 3 aromatic carbocycles. The van der Waals surface area contributed by atoms with Gasteiger partial charge in [-0.15, -0.1) is 0 Å². The van der Waals surface area contributed by atoms with E-state index in [1.807, 2.05) is 48.5 Å². The van der Waals surface area contributed by atoms with Crippen LogP contribution in [0.4, 0.5) is 22.0 Å². The molecule has 42 heavy (non-hydrogen) atoms. The van der Waals surface area contributed by atoms with E-state index in [1.54, 1.807) is 25.4 Å². The van der Waals surface area contributed by atoms with Crippen molar-refractivity contribution in [2.24, 2.45) is 0 Å². The first-order valence-corrected chi connectivity index (χ1v) is 15.3. The van der Waals surface area contributed by atoms with E-state index in [9.17, 15) is 18.0 Å². The lowest BCUT2D eigenvalue weighted by Gasteiger charge is -2.27. The Hall–Kier alpha value is -4.64. The molecule has 1 atom stereocenters. The van der Waals surface area contributed by atoms with Crippen molar-refractivity contribution in [2.45, 2.75) is 42.0 Å². The van der Waals surface area contributed by atoms with Crippen LogP contribution in [0.15, 0.2) is 77.8 Å². The average Bonchev–Trinajstić information content (AvgIpc) is 3.82. The molecule has 0 saturated heterocycles. The van der Waals surface area contributed by atoms with Gasteiger partial charge in [-0.3, -0.25) is 10.1 Å². The molecule has 2 aliphatic rings. The number of fused-ring (bicyclic) bond motifs is 5. The maximum Gasteiger partial charge on any atom is 0.411 e. The minimum absolute atomic E-state index is 0.0163. The molecule has 4 aromatic rings. The zero-order valence-corrected chi connectivity index (χ0v) is 23.9. The van der Waals surface area contributed by atoms with Crippen LogP contribution in [0, 0.1) is 0 Å². The zero-order valence-electron chi connectivity index (χ0n) is 23.0. The molecule has 0 unspecified atom stereocenters. The van der Waals surface area contributed by atoms with Gasteiger partial charge >= 0.3 is 6.09 Å². The summed E-state index contributed by atoms with van der Waals surface area (Å²) in [5.74, 6) is 0.169. The topological polar surface area (TPSA) is 144 Å². The monoisotopic (exact) mass is 585 g/mol. The Kier molecular flexibility index (Phi) is 7.19. The van der Waals surface area contributed by atoms with Gasteiger partial charge in [0.1, 0.15) is 11.9 Å². The van der Waals surface area contributed by atoms with Crippen molar-refractivity contribution >= 4 is 49.8 Å². The smallest absolute Gasteiger partial charge is 0.411 e. The molecule has 1 saturated carbocycles. The van der Waals surface area contributed by atoms with E-state index in [2.05, 4.69) is 15.6 Å². The summed E-state index contributed by atoms with van der Waals surface area (Å²) in [6.45, 7) is 0.144. The first kappa shape index (κ1) is 27.5. The van der Waals surface area contributed by atoms with Crippen molar-refractivity contribution in [2.75, 3.05) is 30.0 Å². The first-order valence-electron chi connectivity index (χ1n) is 13.7. The molecular formula is C31H31N5O5S. The number of benzene rings is 3. The second-order valence-corrected chi connectivity index (χ2v) is 12.9. The molecule has 1 fully saturated rings. The highest BCUT2D eigenvalue weighted by molar-refractivity contribution is 7.92. The third-order valence-corrected chi connectivity index (χ3v) is 9.98. The van der Waals surface area contributed by atoms with E-state index in [0.29, 0.717) is 42.0 Å². The fraction of sp³-hybridized carbons (Fsp3) is 0.258. The maximum absolute atomic E-state index is 14.2. The molecule has 216 valence electrons. The predicted molar refractivity (Wildman–Crippen MR) is 161 cm³/mol. The van der Waals surface area contributed by atoms with E-state index in [-0.39, 0.29) is 24.0 Å².